The van der Waals surface area contributed by atoms with Crippen LogP contribution in [0, 0.1) is 0 Å². The lowest BCUT2D eigenvalue weighted by Gasteiger charge is -2.20. The van der Waals surface area contributed by atoms with E-state index in [1.54, 1.807) is 0 Å². The molecule has 4 nitrogen and oxygen atoms in total. The first-order valence-corrected chi connectivity index (χ1v) is 8.07. The third-order valence-electron chi connectivity index (χ3n) is 3.24. The highest BCUT2D eigenvalue weighted by molar-refractivity contribution is 5.80. The second kappa shape index (κ2) is 10.1. The maximum absolute atomic E-state index is 4.65. The topological polar surface area (TPSA) is 39.7 Å². The van der Waals surface area contributed by atoms with Gasteiger partial charge >= 0.3 is 0 Å². The van der Waals surface area contributed by atoms with Gasteiger partial charge in [0.25, 0.3) is 0 Å². The average molecular weight is 268 g/mol. The summed E-state index contributed by atoms with van der Waals surface area (Å²) in [5.74, 6) is 1.00. The summed E-state index contributed by atoms with van der Waals surface area (Å²) in [7, 11) is 0. The Balaban J connectivity index is 2.20. The van der Waals surface area contributed by atoms with Crippen molar-refractivity contribution in [1.82, 2.24) is 15.5 Å². The van der Waals surface area contributed by atoms with Crippen molar-refractivity contribution in [1.29, 1.82) is 0 Å². The van der Waals surface area contributed by atoms with E-state index in [2.05, 4.69) is 41.3 Å². The molecule has 0 bridgehead atoms. The zero-order valence-electron chi connectivity index (χ0n) is 13.0. The summed E-state index contributed by atoms with van der Waals surface area (Å²) in [6.07, 6.45) is 6.24. The first kappa shape index (κ1) is 16.3. The van der Waals surface area contributed by atoms with Crippen molar-refractivity contribution in [3.05, 3.63) is 0 Å². The summed E-state index contributed by atoms with van der Waals surface area (Å²) >= 11 is 0. The Morgan fingerprint density at radius 2 is 1.79 bits per heavy atom. The molecule has 0 spiro atoms. The predicted molar refractivity (Wildman–Crippen MR) is 83.8 cm³/mol. The fourth-order valence-electron chi connectivity index (χ4n) is 2.19. The molecule has 0 amide bonds. The Hall–Kier alpha value is -0.770. The van der Waals surface area contributed by atoms with Gasteiger partial charge < -0.3 is 15.5 Å². The predicted octanol–water partition coefficient (Wildman–Crippen LogP) is 2.22. The van der Waals surface area contributed by atoms with Crippen molar-refractivity contribution in [2.45, 2.75) is 58.9 Å². The Morgan fingerprint density at radius 1 is 1.11 bits per heavy atom. The van der Waals surface area contributed by atoms with Crippen LogP contribution in [0.1, 0.15) is 52.9 Å². The molecule has 2 N–H and O–H groups in total. The molecule has 1 aliphatic carbocycles. The van der Waals surface area contributed by atoms with Crippen molar-refractivity contribution < 1.29 is 0 Å². The molecule has 1 fully saturated rings. The van der Waals surface area contributed by atoms with Crippen LogP contribution >= 0.6 is 0 Å². The zero-order valence-corrected chi connectivity index (χ0v) is 13.0. The number of nitrogens with one attached hydrogen (secondary N) is 2. The van der Waals surface area contributed by atoms with E-state index in [0.29, 0.717) is 6.04 Å². The molecule has 4 heteroatoms. The van der Waals surface area contributed by atoms with E-state index in [1.165, 1.54) is 45.3 Å². The van der Waals surface area contributed by atoms with Crippen LogP contribution in [-0.2, 0) is 0 Å². The van der Waals surface area contributed by atoms with Gasteiger partial charge in [-0.25, -0.2) is 0 Å². The number of hydrogen-bond acceptors (Lipinski definition) is 2. The molecule has 0 saturated heterocycles. The van der Waals surface area contributed by atoms with Gasteiger partial charge in [-0.2, -0.15) is 0 Å². The number of hydrogen-bond donors (Lipinski definition) is 2. The molecule has 112 valence electrons. The highest BCUT2D eigenvalue weighted by atomic mass is 15.2. The molecule has 19 heavy (non-hydrogen) atoms. The van der Waals surface area contributed by atoms with Gasteiger partial charge in [-0.15, -0.1) is 0 Å². The minimum atomic E-state index is 0.675. The van der Waals surface area contributed by atoms with Gasteiger partial charge in [0, 0.05) is 19.1 Å². The van der Waals surface area contributed by atoms with Crippen LogP contribution in [0.4, 0.5) is 0 Å². The molecule has 1 aliphatic rings. The smallest absolute Gasteiger partial charge is 0.191 e. The zero-order chi connectivity index (χ0) is 13.9. The monoisotopic (exact) mass is 268 g/mol. The van der Waals surface area contributed by atoms with Crippen LogP contribution in [0.15, 0.2) is 4.99 Å². The lowest BCUT2D eigenvalue weighted by molar-refractivity contribution is 0.273. The van der Waals surface area contributed by atoms with Crippen LogP contribution in [0.2, 0.25) is 0 Å². The molecule has 0 aromatic heterocycles. The first-order chi connectivity index (χ1) is 9.30. The summed E-state index contributed by atoms with van der Waals surface area (Å²) < 4.78 is 0. The van der Waals surface area contributed by atoms with Gasteiger partial charge in [-0.1, -0.05) is 13.8 Å². The minimum absolute atomic E-state index is 0.675. The van der Waals surface area contributed by atoms with Crippen LogP contribution in [0.3, 0.4) is 0 Å². The lowest BCUT2D eigenvalue weighted by Crippen LogP contribution is -2.38. The Bertz CT molecular complexity index is 243. The van der Waals surface area contributed by atoms with E-state index < -0.39 is 0 Å². The van der Waals surface area contributed by atoms with Gasteiger partial charge in [0.05, 0.1) is 0 Å². The summed E-state index contributed by atoms with van der Waals surface area (Å²) in [6.45, 7) is 12.1. The maximum Gasteiger partial charge on any atom is 0.191 e. The van der Waals surface area contributed by atoms with Crippen molar-refractivity contribution in [2.75, 3.05) is 32.7 Å². The summed E-state index contributed by atoms with van der Waals surface area (Å²) in [5, 5.41) is 6.77. The number of nitrogens with zero attached hydrogens (tertiary/aromatic N) is 2. The highest BCUT2D eigenvalue weighted by Gasteiger charge is 2.21. The SMILES string of the molecule is CCCN(CCC)CCCN=C(NCC)NC1CC1. The molecule has 1 rings (SSSR count). The molecule has 0 radical (unpaired) electrons. The molecule has 0 aromatic carbocycles. The van der Waals surface area contributed by atoms with Gasteiger partial charge in [0.15, 0.2) is 5.96 Å². The van der Waals surface area contributed by atoms with Crippen LogP contribution in [0.25, 0.3) is 0 Å². The quantitative estimate of drug-likeness (QED) is 0.362. The van der Waals surface area contributed by atoms with Crippen molar-refractivity contribution in [3.63, 3.8) is 0 Å². The third-order valence-corrected chi connectivity index (χ3v) is 3.24. The van der Waals surface area contributed by atoms with Crippen molar-refractivity contribution in [3.8, 4) is 0 Å². The molecule has 0 heterocycles. The first-order valence-electron chi connectivity index (χ1n) is 8.07. The average Bonchev–Trinajstić information content (AvgIpc) is 3.19. The number of guanidine groups is 1. The van der Waals surface area contributed by atoms with Crippen LogP contribution in [0.5, 0.6) is 0 Å². The third kappa shape index (κ3) is 8.09. The molecule has 0 aliphatic heterocycles. The number of rotatable bonds is 10. The van der Waals surface area contributed by atoms with Gasteiger partial charge in [-0.3, -0.25) is 4.99 Å². The molecular formula is C15H32N4. The van der Waals surface area contributed by atoms with Crippen LogP contribution in [-0.4, -0.2) is 49.6 Å². The second-order valence-corrected chi connectivity index (χ2v) is 5.37. The molecule has 0 unspecified atom stereocenters. The number of aliphatic imine (C=N–C) groups is 1. The maximum atomic E-state index is 4.65. The second-order valence-electron chi connectivity index (χ2n) is 5.37. The molecule has 0 aromatic rings. The van der Waals surface area contributed by atoms with E-state index in [0.717, 1.165) is 25.5 Å². The fourth-order valence-corrected chi connectivity index (χ4v) is 2.19. The Morgan fingerprint density at radius 3 is 2.32 bits per heavy atom. The standard InChI is InChI=1S/C15H32N4/c1-4-11-19(12-5-2)13-7-10-17-15(16-6-3)18-14-8-9-14/h14H,4-13H2,1-3H3,(H2,16,17,18). The van der Waals surface area contributed by atoms with E-state index in [4.69, 9.17) is 0 Å². The van der Waals surface area contributed by atoms with Crippen LogP contribution < -0.4 is 10.6 Å². The van der Waals surface area contributed by atoms with Gasteiger partial charge in [0.1, 0.15) is 0 Å². The summed E-state index contributed by atoms with van der Waals surface area (Å²) in [6, 6.07) is 0.675. The lowest BCUT2D eigenvalue weighted by atomic mass is 10.3. The van der Waals surface area contributed by atoms with E-state index >= 15 is 0 Å². The van der Waals surface area contributed by atoms with E-state index in [-0.39, 0.29) is 0 Å². The normalized spacial score (nSPS) is 15.9. The van der Waals surface area contributed by atoms with E-state index in [9.17, 15) is 0 Å². The molecule has 1 saturated carbocycles. The highest BCUT2D eigenvalue weighted by Crippen LogP contribution is 2.18. The van der Waals surface area contributed by atoms with Gasteiger partial charge in [0.2, 0.25) is 0 Å². The Kier molecular flexibility index (Phi) is 8.63. The fraction of sp³-hybridized carbons (Fsp3) is 0.933. The van der Waals surface area contributed by atoms with E-state index in [1.807, 2.05) is 0 Å². The van der Waals surface area contributed by atoms with Crippen molar-refractivity contribution >= 4 is 5.96 Å². The minimum Gasteiger partial charge on any atom is -0.357 e. The summed E-state index contributed by atoms with van der Waals surface area (Å²) in [5.41, 5.74) is 0. The molecule has 0 atom stereocenters. The van der Waals surface area contributed by atoms with Crippen molar-refractivity contribution in [2.24, 2.45) is 4.99 Å². The largest absolute Gasteiger partial charge is 0.357 e. The van der Waals surface area contributed by atoms with Gasteiger partial charge in [-0.05, 0) is 58.7 Å². The summed E-state index contributed by atoms with van der Waals surface area (Å²) in [4.78, 5) is 7.21. The Labute approximate surface area is 119 Å². The molecular weight excluding hydrogens is 236 g/mol.